The van der Waals surface area contributed by atoms with Crippen LogP contribution in [0.25, 0.3) is 0 Å². The Balaban J connectivity index is 2.71. The van der Waals surface area contributed by atoms with Gasteiger partial charge in [-0.1, -0.05) is 43.6 Å². The van der Waals surface area contributed by atoms with Crippen molar-refractivity contribution >= 4 is 15.9 Å². The molecule has 1 aromatic carbocycles. The zero-order valence-corrected chi connectivity index (χ0v) is 14.1. The van der Waals surface area contributed by atoms with Gasteiger partial charge in [-0.05, 0) is 41.5 Å². The Morgan fingerprint density at radius 3 is 2.47 bits per heavy atom. The Kier molecular flexibility index (Phi) is 5.87. The van der Waals surface area contributed by atoms with Crippen molar-refractivity contribution in [3.05, 3.63) is 28.2 Å². The van der Waals surface area contributed by atoms with Crippen molar-refractivity contribution in [1.29, 1.82) is 0 Å². The number of benzene rings is 1. The molecular weight excluding hydrogens is 304 g/mol. The molecule has 0 amide bonds. The first-order valence-corrected chi connectivity index (χ1v) is 7.53. The summed E-state index contributed by atoms with van der Waals surface area (Å²) < 4.78 is 6.35. The van der Waals surface area contributed by atoms with E-state index in [1.54, 1.807) is 7.11 Å². The van der Waals surface area contributed by atoms with Crippen LogP contribution in [0.5, 0.6) is 5.75 Å². The lowest BCUT2D eigenvalue weighted by Gasteiger charge is -2.29. The molecule has 3 heteroatoms. The van der Waals surface area contributed by atoms with Crippen LogP contribution in [-0.4, -0.2) is 18.3 Å². The smallest absolute Gasteiger partial charge is 0.122 e. The van der Waals surface area contributed by atoms with E-state index in [0.717, 1.165) is 22.2 Å². The summed E-state index contributed by atoms with van der Waals surface area (Å²) in [5.41, 5.74) is 1.27. The first kappa shape index (κ1) is 16.5. The monoisotopic (exact) mass is 328 g/mol. The average Bonchev–Trinajstić information content (AvgIpc) is 2.27. The summed E-state index contributed by atoms with van der Waals surface area (Å²) in [4.78, 5) is 0. The molecule has 19 heavy (non-hydrogen) atoms. The summed E-state index contributed by atoms with van der Waals surface area (Å²) in [5.74, 6) is 1.31. The Bertz CT molecular complexity index is 410. The third kappa shape index (κ3) is 5.15. The van der Waals surface area contributed by atoms with Gasteiger partial charge in [0.1, 0.15) is 5.75 Å². The maximum atomic E-state index is 10.3. The maximum Gasteiger partial charge on any atom is 0.122 e. The molecule has 0 aliphatic rings. The van der Waals surface area contributed by atoms with Gasteiger partial charge < -0.3 is 9.84 Å². The largest absolute Gasteiger partial charge is 0.496 e. The molecule has 0 fully saturated rings. The lowest BCUT2D eigenvalue weighted by molar-refractivity contribution is 0.110. The Morgan fingerprint density at radius 2 is 1.95 bits per heavy atom. The van der Waals surface area contributed by atoms with Crippen LogP contribution in [0.2, 0.25) is 0 Å². The Labute approximate surface area is 125 Å². The molecule has 0 saturated carbocycles. The molecule has 0 aliphatic heterocycles. The summed E-state index contributed by atoms with van der Waals surface area (Å²) in [5, 5.41) is 10.3. The van der Waals surface area contributed by atoms with Crippen molar-refractivity contribution < 1.29 is 9.84 Å². The highest BCUT2D eigenvalue weighted by Crippen LogP contribution is 2.31. The minimum atomic E-state index is -0.336. The number of hydrogen-bond acceptors (Lipinski definition) is 2. The van der Waals surface area contributed by atoms with Crippen LogP contribution < -0.4 is 4.74 Å². The van der Waals surface area contributed by atoms with Crippen molar-refractivity contribution in [1.82, 2.24) is 0 Å². The fraction of sp³-hybridized carbons (Fsp3) is 0.625. The minimum Gasteiger partial charge on any atom is -0.496 e. The molecule has 1 aromatic rings. The normalized spacial score (nSPS) is 15.1. The van der Waals surface area contributed by atoms with Crippen molar-refractivity contribution in [2.45, 2.75) is 46.6 Å². The average molecular weight is 329 g/mol. The van der Waals surface area contributed by atoms with Crippen molar-refractivity contribution in [3.8, 4) is 5.75 Å². The molecule has 0 radical (unpaired) electrons. The molecule has 0 spiro atoms. The summed E-state index contributed by atoms with van der Waals surface area (Å²) in [6.45, 7) is 8.83. The lowest BCUT2D eigenvalue weighted by atomic mass is 9.78. The highest BCUT2D eigenvalue weighted by atomic mass is 79.9. The van der Waals surface area contributed by atoms with Gasteiger partial charge in [0, 0.05) is 10.9 Å². The van der Waals surface area contributed by atoms with Gasteiger partial charge in [0.2, 0.25) is 0 Å². The number of aliphatic hydroxyl groups excluding tert-OH is 1. The Morgan fingerprint density at radius 1 is 1.32 bits per heavy atom. The number of ether oxygens (including phenoxy) is 1. The summed E-state index contributed by atoms with van der Waals surface area (Å²) in [6, 6.07) is 5.90. The number of hydrogen-bond donors (Lipinski definition) is 1. The second-order valence-corrected chi connectivity index (χ2v) is 7.23. The van der Waals surface area contributed by atoms with Crippen LogP contribution in [0.3, 0.4) is 0 Å². The Hall–Kier alpha value is -0.540. The van der Waals surface area contributed by atoms with E-state index in [0.29, 0.717) is 12.3 Å². The second-order valence-electron chi connectivity index (χ2n) is 6.32. The zero-order valence-electron chi connectivity index (χ0n) is 12.5. The first-order chi connectivity index (χ1) is 8.74. The molecule has 2 atom stereocenters. The third-order valence-corrected chi connectivity index (χ3v) is 4.30. The van der Waals surface area contributed by atoms with E-state index < -0.39 is 0 Å². The van der Waals surface area contributed by atoms with Crippen molar-refractivity contribution in [2.75, 3.05) is 7.11 Å². The topological polar surface area (TPSA) is 29.5 Å². The van der Waals surface area contributed by atoms with Gasteiger partial charge in [0.25, 0.3) is 0 Å². The van der Waals surface area contributed by atoms with Crippen LogP contribution in [-0.2, 0) is 6.42 Å². The van der Waals surface area contributed by atoms with E-state index in [1.165, 1.54) is 0 Å². The molecule has 108 valence electrons. The van der Waals surface area contributed by atoms with Gasteiger partial charge in [0.05, 0.1) is 13.2 Å². The van der Waals surface area contributed by atoms with Gasteiger partial charge in [-0.2, -0.15) is 0 Å². The van der Waals surface area contributed by atoms with Gasteiger partial charge >= 0.3 is 0 Å². The highest BCUT2D eigenvalue weighted by Gasteiger charge is 2.23. The van der Waals surface area contributed by atoms with E-state index >= 15 is 0 Å². The fourth-order valence-corrected chi connectivity index (χ4v) is 2.41. The first-order valence-electron chi connectivity index (χ1n) is 6.74. The van der Waals surface area contributed by atoms with E-state index in [9.17, 15) is 5.11 Å². The standard InChI is InChI=1S/C16H25BrO2/c1-11(16(2,3)4)8-14(18)10-12-9-13(17)6-7-15(12)19-5/h6-7,9,11,14,18H,8,10H2,1-5H3. The van der Waals surface area contributed by atoms with Crippen LogP contribution >= 0.6 is 15.9 Å². The third-order valence-electron chi connectivity index (χ3n) is 3.80. The molecule has 0 heterocycles. The van der Waals surface area contributed by atoms with E-state index in [1.807, 2.05) is 18.2 Å². The number of aliphatic hydroxyl groups is 1. The SMILES string of the molecule is COc1ccc(Br)cc1CC(O)CC(C)C(C)(C)C. The van der Waals surface area contributed by atoms with Gasteiger partial charge in [0.15, 0.2) is 0 Å². The zero-order chi connectivity index (χ0) is 14.6. The van der Waals surface area contributed by atoms with Crippen LogP contribution in [0.4, 0.5) is 0 Å². The molecule has 0 bridgehead atoms. The maximum absolute atomic E-state index is 10.3. The van der Waals surface area contributed by atoms with E-state index in [2.05, 4.69) is 43.6 Å². The van der Waals surface area contributed by atoms with Crippen LogP contribution in [0.1, 0.15) is 39.7 Å². The summed E-state index contributed by atoms with van der Waals surface area (Å²) >= 11 is 3.46. The van der Waals surface area contributed by atoms with Crippen LogP contribution in [0, 0.1) is 11.3 Å². The molecule has 1 rings (SSSR count). The molecule has 0 aromatic heterocycles. The highest BCUT2D eigenvalue weighted by molar-refractivity contribution is 9.10. The molecule has 2 unspecified atom stereocenters. The minimum absolute atomic E-state index is 0.225. The number of halogens is 1. The fourth-order valence-electron chi connectivity index (χ4n) is 2.01. The van der Waals surface area contributed by atoms with Crippen molar-refractivity contribution in [3.63, 3.8) is 0 Å². The van der Waals surface area contributed by atoms with E-state index in [4.69, 9.17) is 4.74 Å². The predicted octanol–water partition coefficient (Wildman–Crippen LogP) is 4.43. The van der Waals surface area contributed by atoms with Crippen molar-refractivity contribution in [2.24, 2.45) is 11.3 Å². The molecule has 0 saturated heterocycles. The molecular formula is C16H25BrO2. The summed E-state index contributed by atoms with van der Waals surface area (Å²) in [6.07, 6.45) is 1.10. The number of methoxy groups -OCH3 is 1. The molecule has 2 nitrogen and oxygen atoms in total. The summed E-state index contributed by atoms with van der Waals surface area (Å²) in [7, 11) is 1.66. The van der Waals surface area contributed by atoms with Crippen LogP contribution in [0.15, 0.2) is 22.7 Å². The quantitative estimate of drug-likeness (QED) is 0.866. The van der Waals surface area contributed by atoms with Gasteiger partial charge in [-0.25, -0.2) is 0 Å². The van der Waals surface area contributed by atoms with Gasteiger partial charge in [-0.15, -0.1) is 0 Å². The predicted molar refractivity (Wildman–Crippen MR) is 83.6 cm³/mol. The van der Waals surface area contributed by atoms with E-state index in [-0.39, 0.29) is 11.5 Å². The molecule has 1 N–H and O–H groups in total. The molecule has 0 aliphatic carbocycles. The number of rotatable bonds is 5. The van der Waals surface area contributed by atoms with Gasteiger partial charge in [-0.3, -0.25) is 0 Å². The lowest BCUT2D eigenvalue weighted by Crippen LogP contribution is -2.24. The second kappa shape index (κ2) is 6.76.